The van der Waals surface area contributed by atoms with E-state index in [4.69, 9.17) is 0 Å². The molecule has 82 valence electrons. The van der Waals surface area contributed by atoms with Crippen LogP contribution in [0.3, 0.4) is 0 Å². The molecule has 0 spiro atoms. The van der Waals surface area contributed by atoms with E-state index in [0.717, 1.165) is 29.6 Å². The van der Waals surface area contributed by atoms with Crippen LogP contribution >= 0.6 is 0 Å². The Morgan fingerprint density at radius 3 is 2.12 bits per heavy atom. The molecule has 0 heterocycles. The second kappa shape index (κ2) is 3.75. The van der Waals surface area contributed by atoms with E-state index in [1.807, 2.05) is 37.3 Å². The van der Waals surface area contributed by atoms with E-state index in [0.29, 0.717) is 0 Å². The lowest BCUT2D eigenvalue weighted by atomic mass is 9.80. The number of allylic oxidation sites excluding steroid dienone is 2. The number of ketones is 1. The average molecular weight is 212 g/mol. The zero-order valence-electron chi connectivity index (χ0n) is 9.62. The van der Waals surface area contributed by atoms with Gasteiger partial charge in [0.25, 0.3) is 0 Å². The third-order valence-electron chi connectivity index (χ3n) is 3.29. The number of hydrogen-bond acceptors (Lipinski definition) is 1. The fourth-order valence-corrected chi connectivity index (χ4v) is 2.35. The van der Waals surface area contributed by atoms with E-state index in [-0.39, 0.29) is 11.2 Å². The minimum atomic E-state index is -0.338. The van der Waals surface area contributed by atoms with Gasteiger partial charge in [-0.3, -0.25) is 4.79 Å². The van der Waals surface area contributed by atoms with E-state index in [2.05, 4.69) is 13.2 Å². The molecular weight excluding hydrogens is 196 g/mol. The molecule has 2 rings (SSSR count). The number of carbonyl (C=O) groups is 1. The Kier molecular flexibility index (Phi) is 2.55. The first kappa shape index (κ1) is 10.9. The first-order valence-corrected chi connectivity index (χ1v) is 5.49. The largest absolute Gasteiger partial charge is 0.294 e. The normalized spacial score (nSPS) is 18.8. The Hall–Kier alpha value is -1.63. The van der Waals surface area contributed by atoms with E-state index in [1.54, 1.807) is 0 Å². The highest BCUT2D eigenvalue weighted by Gasteiger charge is 2.40. The van der Waals surface area contributed by atoms with Crippen LogP contribution in [0.4, 0.5) is 0 Å². The van der Waals surface area contributed by atoms with Crippen molar-refractivity contribution < 1.29 is 4.79 Å². The molecule has 0 radical (unpaired) electrons. The van der Waals surface area contributed by atoms with Crippen molar-refractivity contribution >= 4 is 5.78 Å². The van der Waals surface area contributed by atoms with E-state index >= 15 is 0 Å². The van der Waals surface area contributed by atoms with Gasteiger partial charge in [-0.25, -0.2) is 0 Å². The number of Topliss-reactive ketones (excluding diaryl/α,β-unsaturated/α-hetero) is 1. The molecule has 0 N–H and O–H groups in total. The summed E-state index contributed by atoms with van der Waals surface area (Å²) < 4.78 is 0. The summed E-state index contributed by atoms with van der Waals surface area (Å²) in [5, 5.41) is 0. The lowest BCUT2D eigenvalue weighted by molar-refractivity contribution is 0.0832. The predicted octanol–water partition coefficient (Wildman–Crippen LogP) is 3.78. The van der Waals surface area contributed by atoms with Gasteiger partial charge in [-0.2, -0.15) is 0 Å². The van der Waals surface area contributed by atoms with Crippen molar-refractivity contribution in [2.75, 3.05) is 0 Å². The summed E-state index contributed by atoms with van der Waals surface area (Å²) in [6.45, 7) is 9.92. The molecule has 1 saturated carbocycles. The molecule has 1 fully saturated rings. The smallest absolute Gasteiger partial charge is 0.169 e. The Balaban J connectivity index is 2.30. The molecular formula is C15H16O. The molecule has 1 nitrogen and oxygen atoms in total. The van der Waals surface area contributed by atoms with Gasteiger partial charge in [-0.05, 0) is 12.8 Å². The van der Waals surface area contributed by atoms with Crippen molar-refractivity contribution in [1.29, 1.82) is 0 Å². The molecule has 1 heteroatoms. The third-order valence-corrected chi connectivity index (χ3v) is 3.29. The van der Waals surface area contributed by atoms with Crippen molar-refractivity contribution in [3.63, 3.8) is 0 Å². The molecule has 0 unspecified atom stereocenters. The number of hydrogen-bond donors (Lipinski definition) is 0. The predicted molar refractivity (Wildman–Crippen MR) is 66.4 cm³/mol. The maximum Gasteiger partial charge on any atom is 0.169 e. The van der Waals surface area contributed by atoms with E-state index in [9.17, 15) is 4.79 Å². The van der Waals surface area contributed by atoms with E-state index < -0.39 is 0 Å². The van der Waals surface area contributed by atoms with Gasteiger partial charge < -0.3 is 0 Å². The molecule has 0 aliphatic heterocycles. The molecule has 0 saturated heterocycles. The standard InChI is InChI=1S/C15H16O/c1-11-9-15(3,10-12(11)2)14(16)13-7-5-4-6-8-13/h4-8H,1-2,9-10H2,3H3. The maximum atomic E-state index is 12.4. The monoisotopic (exact) mass is 212 g/mol. The van der Waals surface area contributed by atoms with Gasteiger partial charge in [0.2, 0.25) is 0 Å². The second-order valence-corrected chi connectivity index (χ2v) is 4.82. The highest BCUT2D eigenvalue weighted by molar-refractivity contribution is 6.01. The van der Waals surface area contributed by atoms with Crippen molar-refractivity contribution in [1.82, 2.24) is 0 Å². The molecule has 0 amide bonds. The summed E-state index contributed by atoms with van der Waals surface area (Å²) in [5.74, 6) is 0.202. The maximum absolute atomic E-state index is 12.4. The first-order chi connectivity index (χ1) is 7.53. The zero-order chi connectivity index (χ0) is 11.8. The Morgan fingerprint density at radius 1 is 1.12 bits per heavy atom. The van der Waals surface area contributed by atoms with Gasteiger partial charge >= 0.3 is 0 Å². The summed E-state index contributed by atoms with van der Waals surface area (Å²) in [4.78, 5) is 12.4. The highest BCUT2D eigenvalue weighted by atomic mass is 16.1. The minimum Gasteiger partial charge on any atom is -0.294 e. The average Bonchev–Trinajstić information content (AvgIpc) is 2.54. The molecule has 0 bridgehead atoms. The van der Waals surface area contributed by atoms with E-state index in [1.165, 1.54) is 0 Å². The Morgan fingerprint density at radius 2 is 1.62 bits per heavy atom. The van der Waals surface area contributed by atoms with Crippen molar-refractivity contribution in [3.05, 3.63) is 60.2 Å². The lowest BCUT2D eigenvalue weighted by Crippen LogP contribution is -2.24. The lowest BCUT2D eigenvalue weighted by Gasteiger charge is -2.21. The van der Waals surface area contributed by atoms with Gasteiger partial charge in [0, 0.05) is 11.0 Å². The molecule has 0 aromatic heterocycles. The van der Waals surface area contributed by atoms with Gasteiger partial charge in [-0.15, -0.1) is 0 Å². The van der Waals surface area contributed by atoms with Crippen molar-refractivity contribution in [3.8, 4) is 0 Å². The molecule has 0 atom stereocenters. The minimum absolute atomic E-state index is 0.202. The van der Waals surface area contributed by atoms with Crippen LogP contribution in [0.1, 0.15) is 30.1 Å². The first-order valence-electron chi connectivity index (χ1n) is 5.49. The van der Waals surface area contributed by atoms with Crippen LogP contribution in [0, 0.1) is 5.41 Å². The summed E-state index contributed by atoms with van der Waals surface area (Å²) in [6.07, 6.45) is 1.47. The van der Waals surface area contributed by atoms with Crippen molar-refractivity contribution in [2.45, 2.75) is 19.8 Å². The summed E-state index contributed by atoms with van der Waals surface area (Å²) >= 11 is 0. The summed E-state index contributed by atoms with van der Waals surface area (Å²) in [7, 11) is 0. The highest BCUT2D eigenvalue weighted by Crippen LogP contribution is 2.45. The quantitative estimate of drug-likeness (QED) is 0.682. The molecule has 1 aromatic rings. The molecule has 1 aliphatic rings. The van der Waals surface area contributed by atoms with Crippen LogP contribution in [0.15, 0.2) is 54.6 Å². The van der Waals surface area contributed by atoms with Crippen LogP contribution in [-0.4, -0.2) is 5.78 Å². The summed E-state index contributed by atoms with van der Waals surface area (Å²) in [5.41, 5.74) is 2.49. The van der Waals surface area contributed by atoms with Gasteiger partial charge in [0.15, 0.2) is 5.78 Å². The zero-order valence-corrected chi connectivity index (χ0v) is 9.62. The van der Waals surface area contributed by atoms with Gasteiger partial charge in [0.05, 0.1) is 0 Å². The summed E-state index contributed by atoms with van der Waals surface area (Å²) in [6, 6.07) is 9.46. The number of rotatable bonds is 2. The van der Waals surface area contributed by atoms with Crippen LogP contribution in [0.5, 0.6) is 0 Å². The van der Waals surface area contributed by atoms with Crippen molar-refractivity contribution in [2.24, 2.45) is 5.41 Å². The SMILES string of the molecule is C=C1CC(C)(C(=O)c2ccccc2)CC1=C. The van der Waals surface area contributed by atoms with Crippen LogP contribution in [-0.2, 0) is 0 Å². The third kappa shape index (κ3) is 1.73. The fraction of sp³-hybridized carbons (Fsp3) is 0.267. The fourth-order valence-electron chi connectivity index (χ4n) is 2.35. The van der Waals surface area contributed by atoms with Crippen LogP contribution in [0.25, 0.3) is 0 Å². The van der Waals surface area contributed by atoms with Crippen LogP contribution in [0.2, 0.25) is 0 Å². The number of carbonyl (C=O) groups excluding carboxylic acids is 1. The van der Waals surface area contributed by atoms with Crippen LogP contribution < -0.4 is 0 Å². The van der Waals surface area contributed by atoms with Gasteiger partial charge in [-0.1, -0.05) is 61.6 Å². The Labute approximate surface area is 96.5 Å². The second-order valence-electron chi connectivity index (χ2n) is 4.82. The molecule has 1 aromatic carbocycles. The number of benzene rings is 1. The molecule has 16 heavy (non-hydrogen) atoms. The van der Waals surface area contributed by atoms with Gasteiger partial charge in [0.1, 0.15) is 0 Å². The Bertz CT molecular complexity index is 438. The molecule has 1 aliphatic carbocycles. The topological polar surface area (TPSA) is 17.1 Å².